The number of benzene rings is 2. The van der Waals surface area contributed by atoms with Gasteiger partial charge in [0.25, 0.3) is 5.91 Å². The number of carbonyl (C=O) groups excluding carboxylic acids is 1. The van der Waals surface area contributed by atoms with Crippen molar-refractivity contribution in [3.8, 4) is 5.75 Å². The summed E-state index contributed by atoms with van der Waals surface area (Å²) in [5, 5.41) is 5.72. The van der Waals surface area contributed by atoms with Gasteiger partial charge in [0.15, 0.2) is 11.5 Å². The Bertz CT molecular complexity index is 1250. The highest BCUT2D eigenvalue weighted by molar-refractivity contribution is 7.18. The van der Waals surface area contributed by atoms with E-state index in [2.05, 4.69) is 10.1 Å². The number of nitrogens with zero attached hydrogens (tertiary/aromatic N) is 3. The van der Waals surface area contributed by atoms with Crippen molar-refractivity contribution in [1.29, 1.82) is 0 Å². The maximum Gasteiger partial charge on any atom is 0.276 e. The van der Waals surface area contributed by atoms with Crippen molar-refractivity contribution >= 4 is 39.1 Å². The van der Waals surface area contributed by atoms with Crippen LogP contribution in [0.1, 0.15) is 32.4 Å². The Morgan fingerprint density at radius 1 is 1.30 bits per heavy atom. The molecule has 30 heavy (non-hydrogen) atoms. The molecule has 6 nitrogen and oxygen atoms in total. The lowest BCUT2D eigenvalue weighted by Gasteiger charge is -2.28. The molecule has 0 aliphatic carbocycles. The Balaban J connectivity index is 1.25. The van der Waals surface area contributed by atoms with Crippen LogP contribution in [0.5, 0.6) is 5.75 Å². The van der Waals surface area contributed by atoms with Gasteiger partial charge in [-0.1, -0.05) is 28.9 Å². The molecule has 0 fully saturated rings. The van der Waals surface area contributed by atoms with Crippen LogP contribution in [0.4, 0.5) is 0 Å². The normalized spacial score (nSPS) is 13.5. The number of carbonyl (C=O) groups is 1. The van der Waals surface area contributed by atoms with Crippen molar-refractivity contribution in [3.05, 3.63) is 75.1 Å². The monoisotopic (exact) mass is 439 g/mol. The summed E-state index contributed by atoms with van der Waals surface area (Å²) in [6.07, 6.45) is 0.729. The fourth-order valence-electron chi connectivity index (χ4n) is 3.65. The Morgan fingerprint density at radius 3 is 3.10 bits per heavy atom. The zero-order chi connectivity index (χ0) is 20.7. The summed E-state index contributed by atoms with van der Waals surface area (Å²) in [6, 6.07) is 13.2. The van der Waals surface area contributed by atoms with Crippen molar-refractivity contribution in [2.45, 2.75) is 26.5 Å². The Labute approximate surface area is 182 Å². The van der Waals surface area contributed by atoms with Gasteiger partial charge >= 0.3 is 0 Å². The van der Waals surface area contributed by atoms with Crippen LogP contribution in [0.3, 0.4) is 0 Å². The van der Waals surface area contributed by atoms with E-state index >= 15 is 0 Å². The predicted molar refractivity (Wildman–Crippen MR) is 115 cm³/mol. The van der Waals surface area contributed by atoms with Gasteiger partial charge in [0.2, 0.25) is 0 Å². The second-order valence-corrected chi connectivity index (χ2v) is 8.83. The SMILES string of the molecule is Cc1nc2cc(OCc3cc(C(=O)N4CCc5c(Cl)cccc5C4)no3)ccc2s1. The number of aryl methyl sites for hydroxylation is 1. The molecule has 3 heterocycles. The van der Waals surface area contributed by atoms with Gasteiger partial charge in [-0.05, 0) is 42.7 Å². The minimum atomic E-state index is -0.157. The van der Waals surface area contributed by atoms with Crippen LogP contribution in [0.2, 0.25) is 5.02 Å². The second-order valence-electron chi connectivity index (χ2n) is 7.18. The molecular formula is C22H18ClN3O3S. The molecule has 0 atom stereocenters. The number of ether oxygens (including phenoxy) is 1. The van der Waals surface area contributed by atoms with Crippen molar-refractivity contribution in [2.24, 2.45) is 0 Å². The van der Waals surface area contributed by atoms with Crippen LogP contribution in [-0.4, -0.2) is 27.5 Å². The summed E-state index contributed by atoms with van der Waals surface area (Å²) in [5.74, 6) is 1.03. The van der Waals surface area contributed by atoms with Crippen LogP contribution < -0.4 is 4.74 Å². The van der Waals surface area contributed by atoms with E-state index in [1.54, 1.807) is 22.3 Å². The quantitative estimate of drug-likeness (QED) is 0.446. The fraction of sp³-hybridized carbons (Fsp3) is 0.227. The first-order valence-electron chi connectivity index (χ1n) is 9.58. The van der Waals surface area contributed by atoms with Gasteiger partial charge in [0.05, 0.1) is 15.2 Å². The first kappa shape index (κ1) is 19.1. The molecule has 152 valence electrons. The lowest BCUT2D eigenvalue weighted by Crippen LogP contribution is -2.36. The van der Waals surface area contributed by atoms with E-state index in [-0.39, 0.29) is 18.2 Å². The predicted octanol–water partition coefficient (Wildman–Crippen LogP) is 5.02. The molecule has 4 aromatic rings. The highest BCUT2D eigenvalue weighted by Crippen LogP contribution is 2.28. The van der Waals surface area contributed by atoms with Crippen LogP contribution in [0.25, 0.3) is 10.2 Å². The van der Waals surface area contributed by atoms with Gasteiger partial charge < -0.3 is 14.2 Å². The molecule has 0 saturated heterocycles. The van der Waals surface area contributed by atoms with E-state index in [0.717, 1.165) is 37.8 Å². The molecule has 0 saturated carbocycles. The van der Waals surface area contributed by atoms with Gasteiger partial charge in [-0.15, -0.1) is 11.3 Å². The van der Waals surface area contributed by atoms with Gasteiger partial charge in [0, 0.05) is 30.2 Å². The molecule has 5 rings (SSSR count). The van der Waals surface area contributed by atoms with E-state index in [1.165, 1.54) is 0 Å². The first-order valence-corrected chi connectivity index (χ1v) is 10.8. The van der Waals surface area contributed by atoms with Crippen molar-refractivity contribution in [1.82, 2.24) is 15.0 Å². The Kier molecular flexibility index (Phi) is 4.92. The molecule has 2 aromatic heterocycles. The Morgan fingerprint density at radius 2 is 2.20 bits per heavy atom. The maximum absolute atomic E-state index is 12.9. The highest BCUT2D eigenvalue weighted by atomic mass is 35.5. The van der Waals surface area contributed by atoms with Gasteiger partial charge in [0.1, 0.15) is 12.4 Å². The lowest BCUT2D eigenvalue weighted by molar-refractivity contribution is 0.0724. The zero-order valence-electron chi connectivity index (χ0n) is 16.2. The summed E-state index contributed by atoms with van der Waals surface area (Å²) in [7, 11) is 0. The van der Waals surface area contributed by atoms with Crippen LogP contribution >= 0.6 is 22.9 Å². The number of hydrogen-bond donors (Lipinski definition) is 0. The molecule has 0 N–H and O–H groups in total. The van der Waals surface area contributed by atoms with Crippen LogP contribution in [-0.2, 0) is 19.6 Å². The third-order valence-electron chi connectivity index (χ3n) is 5.12. The third-order valence-corrected chi connectivity index (χ3v) is 6.43. The molecule has 1 amide bonds. The van der Waals surface area contributed by atoms with Crippen LogP contribution in [0, 0.1) is 6.92 Å². The Hall–Kier alpha value is -2.90. The summed E-state index contributed by atoms with van der Waals surface area (Å²) in [5.41, 5.74) is 3.38. The molecular weight excluding hydrogens is 422 g/mol. The second kappa shape index (κ2) is 7.74. The number of aromatic nitrogens is 2. The molecule has 1 aliphatic rings. The summed E-state index contributed by atoms with van der Waals surface area (Å²) >= 11 is 7.91. The van der Waals surface area contributed by atoms with Gasteiger partial charge in [-0.25, -0.2) is 4.98 Å². The summed E-state index contributed by atoms with van der Waals surface area (Å²) < 4.78 is 12.2. The zero-order valence-corrected chi connectivity index (χ0v) is 17.8. The average molecular weight is 440 g/mol. The number of hydrogen-bond acceptors (Lipinski definition) is 6. The molecule has 0 spiro atoms. The largest absolute Gasteiger partial charge is 0.485 e. The highest BCUT2D eigenvalue weighted by Gasteiger charge is 2.25. The minimum absolute atomic E-state index is 0.157. The standard InChI is InChI=1S/C22H18ClN3O3S/c1-13-24-19-9-15(5-6-21(19)30-13)28-12-16-10-20(25-29-16)22(27)26-8-7-17-14(11-26)3-2-4-18(17)23/h2-6,9-10H,7-8,11-12H2,1H3. The molecule has 0 bridgehead atoms. The van der Waals surface area contributed by atoms with Crippen LogP contribution in [0.15, 0.2) is 47.0 Å². The van der Waals surface area contributed by atoms with Crippen molar-refractivity contribution in [3.63, 3.8) is 0 Å². The number of halogens is 1. The van der Waals surface area contributed by atoms with Gasteiger partial charge in [-0.2, -0.15) is 0 Å². The summed E-state index contributed by atoms with van der Waals surface area (Å²) in [4.78, 5) is 19.1. The molecule has 0 unspecified atom stereocenters. The molecule has 8 heteroatoms. The fourth-order valence-corrected chi connectivity index (χ4v) is 4.74. The maximum atomic E-state index is 12.9. The van der Waals surface area contributed by atoms with E-state index < -0.39 is 0 Å². The van der Waals surface area contributed by atoms with E-state index in [9.17, 15) is 4.79 Å². The van der Waals surface area contributed by atoms with Crippen molar-refractivity contribution in [2.75, 3.05) is 6.54 Å². The van der Waals surface area contributed by atoms with E-state index in [1.807, 2.05) is 43.3 Å². The van der Waals surface area contributed by atoms with E-state index in [0.29, 0.717) is 24.6 Å². The molecule has 1 aliphatic heterocycles. The number of fused-ring (bicyclic) bond motifs is 2. The number of rotatable bonds is 4. The van der Waals surface area contributed by atoms with Gasteiger partial charge in [-0.3, -0.25) is 4.79 Å². The minimum Gasteiger partial charge on any atom is -0.485 e. The van der Waals surface area contributed by atoms with E-state index in [4.69, 9.17) is 20.9 Å². The molecule has 0 radical (unpaired) electrons. The smallest absolute Gasteiger partial charge is 0.276 e. The topological polar surface area (TPSA) is 68.5 Å². The number of amides is 1. The lowest BCUT2D eigenvalue weighted by atomic mass is 9.99. The number of thiazole rings is 1. The molecule has 2 aromatic carbocycles. The average Bonchev–Trinajstić information content (AvgIpc) is 3.37. The van der Waals surface area contributed by atoms with Crippen molar-refractivity contribution < 1.29 is 14.1 Å². The third kappa shape index (κ3) is 3.66. The summed E-state index contributed by atoms with van der Waals surface area (Å²) in [6.45, 7) is 3.28. The first-order chi connectivity index (χ1) is 14.6.